The number of nitrogens with one attached hydrogen (secondary N) is 2. The Hall–Kier alpha value is -1.60. The molecule has 0 bridgehead atoms. The van der Waals surface area contributed by atoms with E-state index in [9.17, 15) is 8.42 Å². The van der Waals surface area contributed by atoms with E-state index in [1.807, 2.05) is 46.9 Å². The second-order valence-corrected chi connectivity index (χ2v) is 9.06. The molecule has 7 heteroatoms. The Bertz CT molecular complexity index is 694. The second-order valence-electron chi connectivity index (χ2n) is 7.41. The molecule has 2 N–H and O–H groups in total. The first-order chi connectivity index (χ1) is 12.1. The predicted octanol–water partition coefficient (Wildman–Crippen LogP) is 2.96. The third kappa shape index (κ3) is 7.33. The van der Waals surface area contributed by atoms with Crippen LogP contribution in [0, 0.1) is 0 Å². The molecule has 1 aromatic carbocycles. The lowest BCUT2D eigenvalue weighted by molar-refractivity contribution is 0.464. The first-order valence-electron chi connectivity index (χ1n) is 9.22. The highest BCUT2D eigenvalue weighted by molar-refractivity contribution is 7.89. The Morgan fingerprint density at radius 3 is 2.42 bits per heavy atom. The van der Waals surface area contributed by atoms with Crippen LogP contribution in [0.15, 0.2) is 34.2 Å². The molecule has 0 atom stereocenters. The lowest BCUT2D eigenvalue weighted by Crippen LogP contribution is -2.41. The van der Waals surface area contributed by atoms with Gasteiger partial charge in [0.25, 0.3) is 0 Å². The highest BCUT2D eigenvalue weighted by atomic mass is 32.2. The van der Waals surface area contributed by atoms with Crippen LogP contribution in [0.3, 0.4) is 0 Å². The molecule has 26 heavy (non-hydrogen) atoms. The molecule has 148 valence electrons. The van der Waals surface area contributed by atoms with Gasteiger partial charge in [0.2, 0.25) is 10.0 Å². The van der Waals surface area contributed by atoms with E-state index in [0.717, 1.165) is 31.9 Å². The highest BCUT2D eigenvalue weighted by Gasteiger charge is 2.24. The molecule has 0 saturated heterocycles. The smallest absolute Gasteiger partial charge is 0.241 e. The Kier molecular flexibility index (Phi) is 8.56. The quantitative estimate of drug-likeness (QED) is 0.535. The summed E-state index contributed by atoms with van der Waals surface area (Å²) in [5.41, 5.74) is 0.147. The molecule has 1 rings (SSSR count). The summed E-state index contributed by atoms with van der Waals surface area (Å²) in [6.07, 6.45) is 2.20. The van der Waals surface area contributed by atoms with Gasteiger partial charge in [-0.25, -0.2) is 18.1 Å². The van der Waals surface area contributed by atoms with Gasteiger partial charge in [-0.05, 0) is 45.7 Å². The zero-order valence-corrected chi connectivity index (χ0v) is 17.8. The fraction of sp³-hybridized carbons (Fsp3) is 0.632. The Morgan fingerprint density at radius 1 is 1.19 bits per heavy atom. The SMILES string of the molecule is CCCCN(C)C(=NCc1ccccc1S(=O)(=O)NC(C)(C)C)NCC. The minimum atomic E-state index is -3.60. The molecule has 0 radical (unpaired) electrons. The summed E-state index contributed by atoms with van der Waals surface area (Å²) >= 11 is 0. The van der Waals surface area contributed by atoms with Crippen molar-refractivity contribution in [1.82, 2.24) is 14.9 Å². The van der Waals surface area contributed by atoms with Crippen molar-refractivity contribution in [2.24, 2.45) is 4.99 Å². The van der Waals surface area contributed by atoms with Crippen LogP contribution >= 0.6 is 0 Å². The lowest BCUT2D eigenvalue weighted by Gasteiger charge is -2.23. The maximum Gasteiger partial charge on any atom is 0.241 e. The molecule has 0 saturated carbocycles. The number of sulfonamides is 1. The van der Waals surface area contributed by atoms with Crippen molar-refractivity contribution >= 4 is 16.0 Å². The van der Waals surface area contributed by atoms with Gasteiger partial charge in [0.15, 0.2) is 5.96 Å². The van der Waals surface area contributed by atoms with Crippen molar-refractivity contribution in [3.05, 3.63) is 29.8 Å². The molecule has 0 aliphatic heterocycles. The van der Waals surface area contributed by atoms with Crippen molar-refractivity contribution in [2.45, 2.75) is 64.4 Å². The number of benzene rings is 1. The summed E-state index contributed by atoms with van der Waals surface area (Å²) in [5, 5.41) is 3.27. The van der Waals surface area contributed by atoms with Crippen LogP contribution in [0.4, 0.5) is 0 Å². The minimum absolute atomic E-state index is 0.283. The summed E-state index contributed by atoms with van der Waals surface area (Å²) in [4.78, 5) is 7.01. The number of hydrogen-bond acceptors (Lipinski definition) is 3. The first kappa shape index (κ1) is 22.4. The van der Waals surface area contributed by atoms with Crippen LogP contribution in [0.5, 0.6) is 0 Å². The van der Waals surface area contributed by atoms with Crippen molar-refractivity contribution in [3.8, 4) is 0 Å². The largest absolute Gasteiger partial charge is 0.357 e. The molecule has 0 aliphatic carbocycles. The van der Waals surface area contributed by atoms with E-state index in [2.05, 4.69) is 26.9 Å². The standard InChI is InChI=1S/C19H34N4O2S/c1-7-9-14-23(6)18(20-8-2)21-15-16-12-10-11-13-17(16)26(24,25)22-19(3,4)5/h10-13,22H,7-9,14-15H2,1-6H3,(H,20,21). The number of unbranched alkanes of at least 4 members (excludes halogenated alkanes) is 1. The van der Waals surface area contributed by atoms with Gasteiger partial charge < -0.3 is 10.2 Å². The zero-order chi connectivity index (χ0) is 19.8. The van der Waals surface area contributed by atoms with E-state index in [-0.39, 0.29) is 4.90 Å². The van der Waals surface area contributed by atoms with Crippen molar-refractivity contribution in [2.75, 3.05) is 20.1 Å². The summed E-state index contributed by atoms with van der Waals surface area (Å²) in [7, 11) is -1.60. The van der Waals surface area contributed by atoms with Gasteiger partial charge in [-0.2, -0.15) is 0 Å². The molecule has 0 unspecified atom stereocenters. The van der Waals surface area contributed by atoms with Crippen LogP contribution in [-0.4, -0.2) is 45.0 Å². The van der Waals surface area contributed by atoms with Crippen molar-refractivity contribution in [1.29, 1.82) is 0 Å². The molecule has 0 aliphatic rings. The molecule has 0 heterocycles. The minimum Gasteiger partial charge on any atom is -0.357 e. The number of rotatable bonds is 8. The molecule has 0 aromatic heterocycles. The van der Waals surface area contributed by atoms with Gasteiger partial charge in [-0.15, -0.1) is 0 Å². The summed E-state index contributed by atoms with van der Waals surface area (Å²) in [5.74, 6) is 0.789. The van der Waals surface area contributed by atoms with Gasteiger partial charge in [0.05, 0.1) is 11.4 Å². The average Bonchev–Trinajstić information content (AvgIpc) is 2.54. The normalized spacial score (nSPS) is 12.9. The molecule has 0 fully saturated rings. The monoisotopic (exact) mass is 382 g/mol. The zero-order valence-electron chi connectivity index (χ0n) is 17.0. The fourth-order valence-corrected chi connectivity index (χ4v) is 4.14. The lowest BCUT2D eigenvalue weighted by atomic mass is 10.1. The molecule has 1 aromatic rings. The summed E-state index contributed by atoms with van der Waals surface area (Å²) in [6.45, 7) is 11.6. The highest BCUT2D eigenvalue weighted by Crippen LogP contribution is 2.18. The molecular weight excluding hydrogens is 348 g/mol. The van der Waals surface area contributed by atoms with E-state index in [1.54, 1.807) is 12.1 Å². The van der Waals surface area contributed by atoms with Gasteiger partial charge >= 0.3 is 0 Å². The van der Waals surface area contributed by atoms with Gasteiger partial charge in [-0.1, -0.05) is 31.5 Å². The fourth-order valence-electron chi connectivity index (χ4n) is 2.49. The number of aliphatic imine (C=N–C) groups is 1. The van der Waals surface area contributed by atoms with Gasteiger partial charge in [-0.3, -0.25) is 0 Å². The number of guanidine groups is 1. The summed E-state index contributed by atoms with van der Waals surface area (Å²) in [6, 6.07) is 7.03. The number of hydrogen-bond donors (Lipinski definition) is 2. The summed E-state index contributed by atoms with van der Waals surface area (Å²) < 4.78 is 28.2. The van der Waals surface area contributed by atoms with Crippen LogP contribution in [0.2, 0.25) is 0 Å². The van der Waals surface area contributed by atoms with Gasteiger partial charge in [0, 0.05) is 25.7 Å². The molecular formula is C19H34N4O2S. The van der Waals surface area contributed by atoms with E-state index in [1.165, 1.54) is 0 Å². The van der Waals surface area contributed by atoms with Crippen LogP contribution in [-0.2, 0) is 16.6 Å². The predicted molar refractivity (Wildman–Crippen MR) is 109 cm³/mol. The second kappa shape index (κ2) is 9.92. The van der Waals surface area contributed by atoms with E-state index in [0.29, 0.717) is 12.1 Å². The number of nitrogens with zero attached hydrogens (tertiary/aromatic N) is 2. The topological polar surface area (TPSA) is 73.8 Å². The van der Waals surface area contributed by atoms with Crippen LogP contribution < -0.4 is 10.0 Å². The van der Waals surface area contributed by atoms with Gasteiger partial charge in [0.1, 0.15) is 0 Å². The maximum absolute atomic E-state index is 12.7. The van der Waals surface area contributed by atoms with Crippen LogP contribution in [0.25, 0.3) is 0 Å². The Balaban J connectivity index is 3.09. The van der Waals surface area contributed by atoms with Crippen molar-refractivity contribution < 1.29 is 8.42 Å². The first-order valence-corrected chi connectivity index (χ1v) is 10.7. The maximum atomic E-state index is 12.7. The van der Waals surface area contributed by atoms with Crippen LogP contribution in [0.1, 0.15) is 53.0 Å². The Labute approximate surface area is 159 Å². The molecule has 0 amide bonds. The third-order valence-corrected chi connectivity index (χ3v) is 5.50. The average molecular weight is 383 g/mol. The molecule has 0 spiro atoms. The third-order valence-electron chi connectivity index (χ3n) is 3.65. The van der Waals surface area contributed by atoms with E-state index in [4.69, 9.17) is 0 Å². The molecule has 6 nitrogen and oxygen atoms in total. The van der Waals surface area contributed by atoms with Crippen molar-refractivity contribution in [3.63, 3.8) is 0 Å². The Morgan fingerprint density at radius 2 is 1.85 bits per heavy atom. The van der Waals surface area contributed by atoms with E-state index >= 15 is 0 Å². The van der Waals surface area contributed by atoms with E-state index < -0.39 is 15.6 Å².